The summed E-state index contributed by atoms with van der Waals surface area (Å²) in [5.41, 5.74) is 3.19. The normalized spacial score (nSPS) is 9.58. The van der Waals surface area contributed by atoms with Crippen LogP contribution in [0.2, 0.25) is 0 Å². The lowest BCUT2D eigenvalue weighted by atomic mass is 10.4. The van der Waals surface area contributed by atoms with Gasteiger partial charge < -0.3 is 4.74 Å². The van der Waals surface area contributed by atoms with Crippen LogP contribution in [-0.2, 0) is 0 Å². The Hall–Kier alpha value is -1.36. The van der Waals surface area contributed by atoms with Crippen LogP contribution in [0.5, 0.6) is 5.88 Å². The molecule has 0 fully saturated rings. The molecule has 0 aromatic carbocycles. The number of nitrogen functional groups attached to an aromatic ring is 1. The van der Waals surface area contributed by atoms with Gasteiger partial charge in [0.1, 0.15) is 0 Å². The van der Waals surface area contributed by atoms with Crippen LogP contribution >= 0.6 is 0 Å². The Morgan fingerprint density at radius 3 is 2.92 bits per heavy atom. The van der Waals surface area contributed by atoms with Crippen molar-refractivity contribution >= 4 is 5.95 Å². The first kappa shape index (κ1) is 8.73. The number of nitrogens with zero attached hydrogens (tertiary/aromatic N) is 2. The van der Waals surface area contributed by atoms with Crippen molar-refractivity contribution in [1.82, 2.24) is 9.97 Å². The lowest BCUT2D eigenvalue weighted by Crippen LogP contribution is -2.11. The van der Waals surface area contributed by atoms with Crippen LogP contribution in [-0.4, -0.2) is 16.6 Å². The third kappa shape index (κ3) is 2.06. The topological polar surface area (TPSA) is 73.1 Å². The first-order chi connectivity index (χ1) is 5.76. The maximum absolute atomic E-state index is 5.18. The molecule has 1 heterocycles. The average Bonchev–Trinajstić information content (AvgIpc) is 2.04. The molecule has 12 heavy (non-hydrogen) atoms. The van der Waals surface area contributed by atoms with Gasteiger partial charge in [0, 0.05) is 11.8 Å². The zero-order valence-corrected chi connectivity index (χ0v) is 7.16. The fourth-order valence-corrected chi connectivity index (χ4v) is 0.826. The van der Waals surface area contributed by atoms with E-state index in [1.165, 1.54) is 0 Å². The van der Waals surface area contributed by atoms with Gasteiger partial charge in [-0.2, -0.15) is 4.98 Å². The number of hydrazine groups is 1. The zero-order valence-electron chi connectivity index (χ0n) is 7.16. The Balaban J connectivity index is 2.90. The molecule has 0 radical (unpaired) electrons. The number of nitrogens with two attached hydrogens (primary N) is 1. The minimum absolute atomic E-state index is 0.374. The quantitative estimate of drug-likeness (QED) is 0.507. The minimum Gasteiger partial charge on any atom is -0.478 e. The number of aryl methyl sites for hydroxylation is 1. The lowest BCUT2D eigenvalue weighted by Gasteiger charge is -2.04. The van der Waals surface area contributed by atoms with Crippen LogP contribution in [0.3, 0.4) is 0 Å². The van der Waals surface area contributed by atoms with Crippen molar-refractivity contribution in [2.24, 2.45) is 5.84 Å². The molecular weight excluding hydrogens is 156 g/mol. The summed E-state index contributed by atoms with van der Waals surface area (Å²) < 4.78 is 5.18. The fraction of sp³-hybridized carbons (Fsp3) is 0.429. The number of anilines is 1. The summed E-state index contributed by atoms with van der Waals surface area (Å²) in [6, 6.07) is 1.75. The number of rotatable bonds is 3. The molecule has 0 saturated heterocycles. The van der Waals surface area contributed by atoms with Gasteiger partial charge in [-0.25, -0.2) is 10.8 Å². The molecule has 5 nitrogen and oxygen atoms in total. The first-order valence-corrected chi connectivity index (χ1v) is 3.71. The minimum atomic E-state index is 0.374. The summed E-state index contributed by atoms with van der Waals surface area (Å²) in [6.07, 6.45) is 0. The molecule has 0 bridgehead atoms. The predicted molar refractivity (Wildman–Crippen MR) is 45.7 cm³/mol. The van der Waals surface area contributed by atoms with Crippen LogP contribution in [0, 0.1) is 6.92 Å². The molecule has 0 amide bonds. The Bertz CT molecular complexity index is 264. The van der Waals surface area contributed by atoms with Crippen molar-refractivity contribution in [2.45, 2.75) is 13.8 Å². The van der Waals surface area contributed by atoms with Gasteiger partial charge >= 0.3 is 0 Å². The third-order valence-electron chi connectivity index (χ3n) is 1.25. The van der Waals surface area contributed by atoms with Gasteiger partial charge in [0.25, 0.3) is 0 Å². The molecular formula is C7H12N4O. The van der Waals surface area contributed by atoms with E-state index in [0.29, 0.717) is 18.4 Å². The van der Waals surface area contributed by atoms with Gasteiger partial charge in [0.2, 0.25) is 11.8 Å². The van der Waals surface area contributed by atoms with E-state index in [9.17, 15) is 0 Å². The molecule has 3 N–H and O–H groups in total. The van der Waals surface area contributed by atoms with Crippen molar-refractivity contribution in [3.63, 3.8) is 0 Å². The van der Waals surface area contributed by atoms with Gasteiger partial charge in [-0.3, -0.25) is 5.43 Å². The smallest absolute Gasteiger partial charge is 0.240 e. The Kier molecular flexibility index (Phi) is 2.82. The second-order valence-electron chi connectivity index (χ2n) is 2.25. The highest BCUT2D eigenvalue weighted by Crippen LogP contribution is 2.10. The van der Waals surface area contributed by atoms with Gasteiger partial charge in [-0.1, -0.05) is 0 Å². The largest absolute Gasteiger partial charge is 0.478 e. The number of hydrogen-bond acceptors (Lipinski definition) is 5. The Morgan fingerprint density at radius 2 is 2.33 bits per heavy atom. The molecule has 0 aliphatic carbocycles. The molecule has 5 heteroatoms. The van der Waals surface area contributed by atoms with Crippen LogP contribution in [0.25, 0.3) is 0 Å². The van der Waals surface area contributed by atoms with Gasteiger partial charge in [-0.05, 0) is 13.8 Å². The van der Waals surface area contributed by atoms with Gasteiger partial charge in [0.15, 0.2) is 0 Å². The third-order valence-corrected chi connectivity index (χ3v) is 1.25. The highest BCUT2D eigenvalue weighted by molar-refractivity contribution is 5.28. The van der Waals surface area contributed by atoms with Crippen molar-refractivity contribution in [3.05, 3.63) is 11.8 Å². The molecule has 0 spiro atoms. The second-order valence-corrected chi connectivity index (χ2v) is 2.25. The lowest BCUT2D eigenvalue weighted by molar-refractivity contribution is 0.326. The van der Waals surface area contributed by atoms with E-state index in [0.717, 1.165) is 5.69 Å². The Labute approximate surface area is 70.9 Å². The maximum atomic E-state index is 5.18. The number of ether oxygens (including phenoxy) is 1. The summed E-state index contributed by atoms with van der Waals surface area (Å²) in [4.78, 5) is 7.98. The van der Waals surface area contributed by atoms with Crippen molar-refractivity contribution in [1.29, 1.82) is 0 Å². The van der Waals surface area contributed by atoms with E-state index in [2.05, 4.69) is 15.4 Å². The van der Waals surface area contributed by atoms with E-state index in [1.54, 1.807) is 6.07 Å². The summed E-state index contributed by atoms with van der Waals surface area (Å²) in [5, 5.41) is 0. The van der Waals surface area contributed by atoms with Gasteiger partial charge in [-0.15, -0.1) is 0 Å². The molecule has 0 unspecified atom stereocenters. The second kappa shape index (κ2) is 3.87. The van der Waals surface area contributed by atoms with Crippen LogP contribution in [0.4, 0.5) is 5.95 Å². The molecule has 0 aliphatic heterocycles. The van der Waals surface area contributed by atoms with E-state index in [-0.39, 0.29) is 0 Å². The average molecular weight is 168 g/mol. The van der Waals surface area contributed by atoms with Gasteiger partial charge in [0.05, 0.1) is 6.61 Å². The zero-order chi connectivity index (χ0) is 8.97. The van der Waals surface area contributed by atoms with E-state index in [1.807, 2.05) is 13.8 Å². The number of nitrogens with one attached hydrogen (secondary N) is 1. The van der Waals surface area contributed by atoms with Crippen LogP contribution < -0.4 is 16.0 Å². The predicted octanol–water partition coefficient (Wildman–Crippen LogP) is 0.469. The molecule has 1 rings (SSSR count). The summed E-state index contributed by atoms with van der Waals surface area (Å²) in [5.74, 6) is 6.07. The summed E-state index contributed by atoms with van der Waals surface area (Å²) >= 11 is 0. The monoisotopic (exact) mass is 168 g/mol. The van der Waals surface area contributed by atoms with Crippen molar-refractivity contribution in [2.75, 3.05) is 12.0 Å². The van der Waals surface area contributed by atoms with E-state index < -0.39 is 0 Å². The number of aromatic nitrogens is 2. The highest BCUT2D eigenvalue weighted by Gasteiger charge is 1.99. The molecule has 0 saturated carbocycles. The summed E-state index contributed by atoms with van der Waals surface area (Å²) in [7, 11) is 0. The molecule has 0 aliphatic rings. The molecule has 1 aromatic heterocycles. The fourth-order valence-electron chi connectivity index (χ4n) is 0.826. The molecule has 66 valence electrons. The standard InChI is InChI=1S/C7H12N4O/c1-3-12-6-4-5(2)9-7(10-6)11-8/h4H,3,8H2,1-2H3,(H,9,10,11). The SMILES string of the molecule is CCOc1cc(C)nc(NN)n1. The van der Waals surface area contributed by atoms with Crippen molar-refractivity contribution < 1.29 is 4.74 Å². The van der Waals surface area contributed by atoms with Crippen LogP contribution in [0.1, 0.15) is 12.6 Å². The first-order valence-electron chi connectivity index (χ1n) is 3.71. The molecule has 0 atom stereocenters. The Morgan fingerprint density at radius 1 is 1.58 bits per heavy atom. The van der Waals surface area contributed by atoms with Crippen molar-refractivity contribution in [3.8, 4) is 5.88 Å². The highest BCUT2D eigenvalue weighted by atomic mass is 16.5. The number of hydrogen-bond donors (Lipinski definition) is 2. The van der Waals surface area contributed by atoms with E-state index in [4.69, 9.17) is 10.6 Å². The summed E-state index contributed by atoms with van der Waals surface area (Å²) in [6.45, 7) is 4.33. The van der Waals surface area contributed by atoms with Crippen LogP contribution in [0.15, 0.2) is 6.07 Å². The van der Waals surface area contributed by atoms with E-state index >= 15 is 0 Å². The maximum Gasteiger partial charge on any atom is 0.240 e. The molecule has 1 aromatic rings.